The summed E-state index contributed by atoms with van der Waals surface area (Å²) in [4.78, 5) is 13.8. The highest BCUT2D eigenvalue weighted by molar-refractivity contribution is 5.76. The minimum Gasteiger partial charge on any atom is -0.396 e. The number of aromatic nitrogens is 2. The van der Waals surface area contributed by atoms with E-state index in [4.69, 9.17) is 10.5 Å². The van der Waals surface area contributed by atoms with Crippen LogP contribution < -0.4 is 5.73 Å². The SMILES string of the molecule is CN(C(=O)Cn1cc(N)cn1)C1CCOCC1. The van der Waals surface area contributed by atoms with Gasteiger partial charge in [-0.15, -0.1) is 0 Å². The van der Waals surface area contributed by atoms with Gasteiger partial charge in [0.1, 0.15) is 6.54 Å². The van der Waals surface area contributed by atoms with E-state index in [1.54, 1.807) is 22.0 Å². The predicted octanol–water partition coefficient (Wildman–Crippen LogP) is 0.103. The van der Waals surface area contributed by atoms with Crippen LogP contribution >= 0.6 is 0 Å². The molecule has 1 fully saturated rings. The molecule has 1 aliphatic rings. The molecule has 6 heteroatoms. The molecule has 6 nitrogen and oxygen atoms in total. The Morgan fingerprint density at radius 2 is 2.35 bits per heavy atom. The summed E-state index contributed by atoms with van der Waals surface area (Å²) in [5.74, 6) is 0.0556. The number of rotatable bonds is 3. The molecule has 0 saturated carbocycles. The van der Waals surface area contributed by atoms with Crippen molar-refractivity contribution >= 4 is 11.6 Å². The maximum Gasteiger partial charge on any atom is 0.244 e. The van der Waals surface area contributed by atoms with E-state index < -0.39 is 0 Å². The van der Waals surface area contributed by atoms with Crippen LogP contribution in [0.3, 0.4) is 0 Å². The van der Waals surface area contributed by atoms with Crippen molar-refractivity contribution < 1.29 is 9.53 Å². The Balaban J connectivity index is 1.90. The van der Waals surface area contributed by atoms with E-state index in [0.717, 1.165) is 26.1 Å². The summed E-state index contributed by atoms with van der Waals surface area (Å²) in [7, 11) is 1.84. The summed E-state index contributed by atoms with van der Waals surface area (Å²) in [6.07, 6.45) is 5.02. The van der Waals surface area contributed by atoms with Gasteiger partial charge in [0.15, 0.2) is 0 Å². The van der Waals surface area contributed by atoms with Gasteiger partial charge in [-0.3, -0.25) is 9.48 Å². The minimum absolute atomic E-state index is 0.0556. The zero-order valence-electron chi connectivity index (χ0n) is 10.0. The summed E-state index contributed by atoms with van der Waals surface area (Å²) in [5, 5.41) is 4.00. The van der Waals surface area contributed by atoms with Crippen molar-refractivity contribution in [1.29, 1.82) is 0 Å². The van der Waals surface area contributed by atoms with Gasteiger partial charge in [-0.05, 0) is 12.8 Å². The van der Waals surface area contributed by atoms with Crippen LogP contribution in [0.2, 0.25) is 0 Å². The highest BCUT2D eigenvalue weighted by Gasteiger charge is 2.22. The lowest BCUT2D eigenvalue weighted by atomic mass is 10.1. The quantitative estimate of drug-likeness (QED) is 0.810. The average molecular weight is 238 g/mol. The van der Waals surface area contributed by atoms with Gasteiger partial charge in [-0.2, -0.15) is 5.10 Å². The third kappa shape index (κ3) is 2.97. The van der Waals surface area contributed by atoms with Gasteiger partial charge in [-0.1, -0.05) is 0 Å². The third-order valence-electron chi connectivity index (χ3n) is 3.08. The number of nitrogen functional groups attached to an aromatic ring is 1. The molecule has 1 aromatic rings. The van der Waals surface area contributed by atoms with Gasteiger partial charge in [0.2, 0.25) is 5.91 Å². The summed E-state index contributed by atoms with van der Waals surface area (Å²) in [6, 6.07) is 0.282. The normalized spacial score (nSPS) is 17.0. The molecule has 94 valence electrons. The number of anilines is 1. The number of nitrogens with two attached hydrogens (primary N) is 1. The summed E-state index contributed by atoms with van der Waals surface area (Å²) in [5.41, 5.74) is 6.12. The molecule has 2 rings (SSSR count). The van der Waals surface area contributed by atoms with Crippen molar-refractivity contribution in [2.75, 3.05) is 26.0 Å². The van der Waals surface area contributed by atoms with Crippen molar-refractivity contribution in [1.82, 2.24) is 14.7 Å². The largest absolute Gasteiger partial charge is 0.396 e. The van der Waals surface area contributed by atoms with Crippen LogP contribution in [0.1, 0.15) is 12.8 Å². The molecular weight excluding hydrogens is 220 g/mol. The molecular formula is C11H18N4O2. The van der Waals surface area contributed by atoms with Crippen LogP contribution in [0.5, 0.6) is 0 Å². The molecule has 1 amide bonds. The highest BCUT2D eigenvalue weighted by Crippen LogP contribution is 2.13. The van der Waals surface area contributed by atoms with Crippen LogP contribution in [0.4, 0.5) is 5.69 Å². The average Bonchev–Trinajstić information content (AvgIpc) is 2.75. The van der Waals surface area contributed by atoms with Crippen molar-refractivity contribution in [3.63, 3.8) is 0 Å². The minimum atomic E-state index is 0.0556. The number of hydrogen-bond donors (Lipinski definition) is 1. The van der Waals surface area contributed by atoms with Gasteiger partial charge >= 0.3 is 0 Å². The van der Waals surface area contributed by atoms with Gasteiger partial charge in [0.25, 0.3) is 0 Å². The van der Waals surface area contributed by atoms with Crippen LogP contribution in [0.25, 0.3) is 0 Å². The number of nitrogens with zero attached hydrogens (tertiary/aromatic N) is 3. The first kappa shape index (κ1) is 11.9. The Labute approximate surface area is 100 Å². The van der Waals surface area contributed by atoms with E-state index in [9.17, 15) is 4.79 Å². The molecule has 1 aromatic heterocycles. The Kier molecular flexibility index (Phi) is 3.63. The molecule has 2 heterocycles. The zero-order valence-corrected chi connectivity index (χ0v) is 10.0. The van der Waals surface area contributed by atoms with Gasteiger partial charge in [-0.25, -0.2) is 0 Å². The number of hydrogen-bond acceptors (Lipinski definition) is 4. The second-order valence-electron chi connectivity index (χ2n) is 4.32. The molecule has 0 bridgehead atoms. The first-order chi connectivity index (χ1) is 8.16. The van der Waals surface area contributed by atoms with E-state index in [1.165, 1.54) is 0 Å². The molecule has 0 aromatic carbocycles. The smallest absolute Gasteiger partial charge is 0.244 e. The Morgan fingerprint density at radius 3 is 2.94 bits per heavy atom. The van der Waals surface area contributed by atoms with Crippen LogP contribution in [-0.2, 0) is 16.1 Å². The maximum absolute atomic E-state index is 12.0. The Bertz CT molecular complexity index is 385. The summed E-state index contributed by atoms with van der Waals surface area (Å²) >= 11 is 0. The van der Waals surface area contributed by atoms with Gasteiger partial charge in [0.05, 0.1) is 11.9 Å². The van der Waals surface area contributed by atoms with E-state index >= 15 is 0 Å². The molecule has 0 spiro atoms. The molecule has 0 aliphatic carbocycles. The molecule has 1 aliphatic heterocycles. The second kappa shape index (κ2) is 5.18. The van der Waals surface area contributed by atoms with Crippen molar-refractivity contribution in [3.8, 4) is 0 Å². The predicted molar refractivity (Wildman–Crippen MR) is 63.3 cm³/mol. The number of likely N-dealkylation sites (N-methyl/N-ethyl adjacent to an activating group) is 1. The van der Waals surface area contributed by atoms with E-state index in [1.807, 2.05) is 7.05 Å². The van der Waals surface area contributed by atoms with Gasteiger partial charge < -0.3 is 15.4 Å². The fourth-order valence-corrected chi connectivity index (χ4v) is 1.99. The Hall–Kier alpha value is -1.56. The van der Waals surface area contributed by atoms with E-state index in [2.05, 4.69) is 5.10 Å². The molecule has 2 N–H and O–H groups in total. The van der Waals surface area contributed by atoms with Crippen LogP contribution in [-0.4, -0.2) is 46.9 Å². The lowest BCUT2D eigenvalue weighted by molar-refractivity contribution is -0.134. The standard InChI is InChI=1S/C11H18N4O2/c1-14(10-2-4-17-5-3-10)11(16)8-15-7-9(12)6-13-15/h6-7,10H,2-5,8,12H2,1H3. The fourth-order valence-electron chi connectivity index (χ4n) is 1.99. The van der Waals surface area contributed by atoms with E-state index in [0.29, 0.717) is 5.69 Å². The number of ether oxygens (including phenoxy) is 1. The first-order valence-corrected chi connectivity index (χ1v) is 5.78. The number of amides is 1. The monoisotopic (exact) mass is 238 g/mol. The Morgan fingerprint density at radius 1 is 1.65 bits per heavy atom. The topological polar surface area (TPSA) is 73.4 Å². The molecule has 0 atom stereocenters. The third-order valence-corrected chi connectivity index (χ3v) is 3.08. The number of carbonyl (C=O) groups excluding carboxylic acids is 1. The molecule has 0 unspecified atom stereocenters. The summed E-state index contributed by atoms with van der Waals surface area (Å²) < 4.78 is 6.84. The van der Waals surface area contributed by atoms with Crippen LogP contribution in [0.15, 0.2) is 12.4 Å². The van der Waals surface area contributed by atoms with Crippen molar-refractivity contribution in [2.45, 2.75) is 25.4 Å². The summed E-state index contributed by atoms with van der Waals surface area (Å²) in [6.45, 7) is 1.71. The van der Waals surface area contributed by atoms with Crippen molar-refractivity contribution in [2.24, 2.45) is 0 Å². The number of carbonyl (C=O) groups is 1. The lowest BCUT2D eigenvalue weighted by Crippen LogP contribution is -2.42. The first-order valence-electron chi connectivity index (χ1n) is 5.78. The lowest BCUT2D eigenvalue weighted by Gasteiger charge is -2.31. The van der Waals surface area contributed by atoms with Crippen molar-refractivity contribution in [3.05, 3.63) is 12.4 Å². The zero-order chi connectivity index (χ0) is 12.3. The maximum atomic E-state index is 12.0. The van der Waals surface area contributed by atoms with Crippen LogP contribution in [0, 0.1) is 0 Å². The van der Waals surface area contributed by atoms with Gasteiger partial charge in [0, 0.05) is 32.5 Å². The fraction of sp³-hybridized carbons (Fsp3) is 0.636. The highest BCUT2D eigenvalue weighted by atomic mass is 16.5. The molecule has 17 heavy (non-hydrogen) atoms. The molecule has 0 radical (unpaired) electrons. The molecule has 1 saturated heterocycles. The van der Waals surface area contributed by atoms with E-state index in [-0.39, 0.29) is 18.5 Å². The second-order valence-corrected chi connectivity index (χ2v) is 4.32.